The van der Waals surface area contributed by atoms with E-state index in [1.807, 2.05) is 0 Å². The van der Waals surface area contributed by atoms with Crippen LogP contribution in [0.25, 0.3) is 0 Å². The van der Waals surface area contributed by atoms with Gasteiger partial charge in [-0.1, -0.05) is 6.07 Å². The molecule has 0 spiro atoms. The molecular weight excluding hydrogens is 274 g/mol. The zero-order valence-corrected chi connectivity index (χ0v) is 11.9. The minimum atomic E-state index is -0.430. The van der Waals surface area contributed by atoms with Crippen molar-refractivity contribution in [3.05, 3.63) is 23.8 Å². The first-order valence-corrected chi connectivity index (χ1v) is 7.01. The van der Waals surface area contributed by atoms with Gasteiger partial charge in [-0.15, -0.1) is 0 Å². The molecule has 1 aliphatic rings. The fourth-order valence-electron chi connectivity index (χ4n) is 2.49. The molecule has 0 unspecified atom stereocenters. The van der Waals surface area contributed by atoms with E-state index in [1.165, 1.54) is 23.1 Å². The van der Waals surface area contributed by atoms with Gasteiger partial charge in [0.15, 0.2) is 11.5 Å². The van der Waals surface area contributed by atoms with Crippen LogP contribution in [0.2, 0.25) is 0 Å². The lowest BCUT2D eigenvalue weighted by Gasteiger charge is -2.31. The second-order valence-corrected chi connectivity index (χ2v) is 5.02. The van der Waals surface area contributed by atoms with Crippen molar-refractivity contribution in [3.63, 3.8) is 0 Å². The number of hydrogen-bond donors (Lipinski definition) is 2. The number of amides is 1. The van der Waals surface area contributed by atoms with Crippen molar-refractivity contribution >= 4 is 11.9 Å². The largest absolute Gasteiger partial charge is 0.504 e. The van der Waals surface area contributed by atoms with Crippen LogP contribution in [0.3, 0.4) is 0 Å². The van der Waals surface area contributed by atoms with E-state index in [1.54, 1.807) is 6.92 Å². The SMILES string of the molecule is CCOC(=O)[C@@H]1CCCN(C(=O)c2cccc(O)c2O)C1. The first kappa shape index (κ1) is 15.2. The number of benzene rings is 1. The van der Waals surface area contributed by atoms with Gasteiger partial charge in [-0.25, -0.2) is 0 Å². The van der Waals surface area contributed by atoms with E-state index in [2.05, 4.69) is 0 Å². The van der Waals surface area contributed by atoms with Crippen LogP contribution in [0.5, 0.6) is 11.5 Å². The quantitative estimate of drug-likeness (QED) is 0.651. The Balaban J connectivity index is 2.12. The molecule has 1 aromatic carbocycles. The zero-order chi connectivity index (χ0) is 15.4. The summed E-state index contributed by atoms with van der Waals surface area (Å²) in [7, 11) is 0. The summed E-state index contributed by atoms with van der Waals surface area (Å²) in [5, 5.41) is 19.2. The average Bonchev–Trinajstić information content (AvgIpc) is 2.50. The molecule has 1 fully saturated rings. The van der Waals surface area contributed by atoms with Crippen molar-refractivity contribution < 1.29 is 24.5 Å². The molecule has 0 aromatic heterocycles. The molecule has 2 N–H and O–H groups in total. The molecular formula is C15H19NO5. The van der Waals surface area contributed by atoms with E-state index < -0.39 is 11.7 Å². The molecule has 1 aromatic rings. The van der Waals surface area contributed by atoms with Gasteiger partial charge >= 0.3 is 5.97 Å². The Labute approximate surface area is 122 Å². The number of likely N-dealkylation sites (tertiary alicyclic amines) is 1. The normalized spacial score (nSPS) is 18.3. The molecule has 1 heterocycles. The lowest BCUT2D eigenvalue weighted by molar-refractivity contribution is -0.149. The molecule has 0 bridgehead atoms. The number of ether oxygens (including phenoxy) is 1. The molecule has 114 valence electrons. The first-order valence-electron chi connectivity index (χ1n) is 7.01. The molecule has 2 rings (SSSR count). The maximum Gasteiger partial charge on any atom is 0.310 e. The van der Waals surface area contributed by atoms with E-state index in [4.69, 9.17) is 4.74 Å². The third kappa shape index (κ3) is 3.26. The number of nitrogens with zero attached hydrogens (tertiary/aromatic N) is 1. The highest BCUT2D eigenvalue weighted by atomic mass is 16.5. The van der Waals surface area contributed by atoms with Crippen LogP contribution < -0.4 is 0 Å². The number of phenolic OH excluding ortho intramolecular Hbond substituents is 2. The number of para-hydroxylation sites is 1. The van der Waals surface area contributed by atoms with Gasteiger partial charge in [0, 0.05) is 13.1 Å². The molecule has 0 saturated carbocycles. The Kier molecular flexibility index (Phi) is 4.67. The van der Waals surface area contributed by atoms with E-state index in [0.29, 0.717) is 26.0 Å². The van der Waals surface area contributed by atoms with Crippen molar-refractivity contribution in [1.29, 1.82) is 0 Å². The minimum Gasteiger partial charge on any atom is -0.504 e. The predicted molar refractivity (Wildman–Crippen MR) is 75.0 cm³/mol. The van der Waals surface area contributed by atoms with Gasteiger partial charge < -0.3 is 19.8 Å². The van der Waals surface area contributed by atoms with Crippen LogP contribution in [-0.4, -0.2) is 46.7 Å². The maximum atomic E-state index is 12.4. The highest BCUT2D eigenvalue weighted by Gasteiger charge is 2.30. The Hall–Kier alpha value is -2.24. The molecule has 1 amide bonds. The highest BCUT2D eigenvalue weighted by molar-refractivity contribution is 5.97. The number of esters is 1. The van der Waals surface area contributed by atoms with Gasteiger partial charge in [0.05, 0.1) is 18.1 Å². The second-order valence-electron chi connectivity index (χ2n) is 5.02. The summed E-state index contributed by atoms with van der Waals surface area (Å²) in [5.41, 5.74) is 0.0412. The summed E-state index contributed by atoms with van der Waals surface area (Å²) in [4.78, 5) is 25.7. The molecule has 6 heteroatoms. The van der Waals surface area contributed by atoms with Crippen molar-refractivity contribution in [1.82, 2.24) is 4.90 Å². The highest BCUT2D eigenvalue weighted by Crippen LogP contribution is 2.30. The van der Waals surface area contributed by atoms with E-state index in [-0.39, 0.29) is 29.7 Å². The molecule has 0 radical (unpaired) electrons. The van der Waals surface area contributed by atoms with Crippen LogP contribution in [0.1, 0.15) is 30.1 Å². The van der Waals surface area contributed by atoms with E-state index in [0.717, 1.165) is 0 Å². The number of hydrogen-bond acceptors (Lipinski definition) is 5. The van der Waals surface area contributed by atoms with E-state index in [9.17, 15) is 19.8 Å². The first-order chi connectivity index (χ1) is 10.0. The van der Waals surface area contributed by atoms with Crippen molar-refractivity contribution in [2.75, 3.05) is 19.7 Å². The Morgan fingerprint density at radius 1 is 1.38 bits per heavy atom. The van der Waals surface area contributed by atoms with Gasteiger partial charge in [0.2, 0.25) is 0 Å². The summed E-state index contributed by atoms with van der Waals surface area (Å²) in [5.74, 6) is -1.78. The van der Waals surface area contributed by atoms with Crippen LogP contribution in [0, 0.1) is 5.92 Å². The Bertz CT molecular complexity index is 543. The number of carbonyl (C=O) groups is 2. The molecule has 21 heavy (non-hydrogen) atoms. The number of phenols is 2. The van der Waals surface area contributed by atoms with Crippen LogP contribution in [0.15, 0.2) is 18.2 Å². The van der Waals surface area contributed by atoms with Crippen molar-refractivity contribution in [3.8, 4) is 11.5 Å². The van der Waals surface area contributed by atoms with Gasteiger partial charge in [0.1, 0.15) is 0 Å². The standard InChI is InChI=1S/C15H19NO5/c1-2-21-15(20)10-5-4-8-16(9-10)14(19)11-6-3-7-12(17)13(11)18/h3,6-7,10,17-18H,2,4-5,8-9H2,1H3/t10-/m1/s1. The fourth-order valence-corrected chi connectivity index (χ4v) is 2.49. The molecule has 0 aliphatic carbocycles. The van der Waals surface area contributed by atoms with Gasteiger partial charge in [-0.05, 0) is 31.9 Å². The topological polar surface area (TPSA) is 87.1 Å². The second kappa shape index (κ2) is 6.47. The fraction of sp³-hybridized carbons (Fsp3) is 0.467. The molecule has 6 nitrogen and oxygen atoms in total. The average molecular weight is 293 g/mol. The van der Waals surface area contributed by atoms with Gasteiger partial charge in [0.25, 0.3) is 5.91 Å². The number of rotatable bonds is 3. The number of aromatic hydroxyl groups is 2. The van der Waals surface area contributed by atoms with E-state index >= 15 is 0 Å². The lowest BCUT2D eigenvalue weighted by atomic mass is 9.97. The summed E-state index contributed by atoms with van der Waals surface area (Å²) in [6.45, 7) is 2.85. The smallest absolute Gasteiger partial charge is 0.310 e. The molecule has 1 atom stereocenters. The van der Waals surface area contributed by atoms with Crippen LogP contribution in [-0.2, 0) is 9.53 Å². The third-order valence-corrected chi connectivity index (χ3v) is 3.57. The van der Waals surface area contributed by atoms with Crippen molar-refractivity contribution in [2.45, 2.75) is 19.8 Å². The monoisotopic (exact) mass is 293 g/mol. The lowest BCUT2D eigenvalue weighted by Crippen LogP contribution is -2.42. The summed E-state index contributed by atoms with van der Waals surface area (Å²) < 4.78 is 4.99. The Morgan fingerprint density at radius 3 is 2.86 bits per heavy atom. The minimum absolute atomic E-state index is 0.0412. The third-order valence-electron chi connectivity index (χ3n) is 3.57. The maximum absolute atomic E-state index is 12.4. The zero-order valence-electron chi connectivity index (χ0n) is 11.9. The van der Waals surface area contributed by atoms with Gasteiger partial charge in [-0.3, -0.25) is 9.59 Å². The number of carbonyl (C=O) groups excluding carboxylic acids is 2. The summed E-state index contributed by atoms with van der Waals surface area (Å²) >= 11 is 0. The Morgan fingerprint density at radius 2 is 2.14 bits per heavy atom. The predicted octanol–water partition coefficient (Wildman–Crippen LogP) is 1.51. The van der Waals surface area contributed by atoms with Gasteiger partial charge in [-0.2, -0.15) is 0 Å². The molecule has 1 aliphatic heterocycles. The molecule has 1 saturated heterocycles. The van der Waals surface area contributed by atoms with Crippen LogP contribution in [0.4, 0.5) is 0 Å². The summed E-state index contributed by atoms with van der Waals surface area (Å²) in [6, 6.07) is 4.25. The summed E-state index contributed by atoms with van der Waals surface area (Å²) in [6.07, 6.45) is 1.39. The van der Waals surface area contributed by atoms with Crippen LogP contribution >= 0.6 is 0 Å². The number of piperidine rings is 1. The van der Waals surface area contributed by atoms with Crippen molar-refractivity contribution in [2.24, 2.45) is 5.92 Å².